The monoisotopic (exact) mass is 310 g/mol. The van der Waals surface area contributed by atoms with Crippen molar-refractivity contribution in [1.29, 1.82) is 0 Å². The van der Waals surface area contributed by atoms with Crippen molar-refractivity contribution in [2.75, 3.05) is 5.33 Å². The molecule has 0 aliphatic carbocycles. The maximum Gasteiger partial charge on any atom is 0.0314 e. The van der Waals surface area contributed by atoms with Crippen LogP contribution in [0.1, 0.15) is 18.2 Å². The number of hydrogen-bond acceptors (Lipinski definition) is 1. The number of thiophene rings is 1. The Labute approximate surface area is 94.6 Å². The molecule has 1 unspecified atom stereocenters. The van der Waals surface area contributed by atoms with E-state index >= 15 is 0 Å². The summed E-state index contributed by atoms with van der Waals surface area (Å²) < 4.78 is 1.27. The summed E-state index contributed by atoms with van der Waals surface area (Å²) in [5, 5.41) is 3.24. The Morgan fingerprint density at radius 2 is 2.33 bits per heavy atom. The third-order valence-corrected chi connectivity index (χ3v) is 4.91. The summed E-state index contributed by atoms with van der Waals surface area (Å²) >= 11 is 8.87. The molecule has 1 aromatic heterocycles. The molecule has 0 saturated heterocycles. The summed E-state index contributed by atoms with van der Waals surface area (Å²) in [5.74, 6) is 0.777. The first kappa shape index (κ1) is 10.7. The van der Waals surface area contributed by atoms with Crippen molar-refractivity contribution in [3.8, 4) is 0 Å². The van der Waals surface area contributed by atoms with E-state index in [1.807, 2.05) is 11.3 Å². The Hall–Kier alpha value is 0.660. The smallest absolute Gasteiger partial charge is 0.0314 e. The second kappa shape index (κ2) is 5.40. The fourth-order valence-corrected chi connectivity index (χ4v) is 2.85. The molecular weight excluding hydrogens is 300 g/mol. The summed E-state index contributed by atoms with van der Waals surface area (Å²) in [6.07, 6.45) is 2.47. The lowest BCUT2D eigenvalue weighted by Gasteiger charge is -2.05. The molecule has 0 aliphatic heterocycles. The van der Waals surface area contributed by atoms with Crippen LogP contribution in [0.15, 0.2) is 15.9 Å². The van der Waals surface area contributed by atoms with E-state index in [1.165, 1.54) is 22.2 Å². The van der Waals surface area contributed by atoms with Crippen molar-refractivity contribution in [1.82, 2.24) is 0 Å². The van der Waals surface area contributed by atoms with E-state index in [9.17, 15) is 0 Å². The summed E-state index contributed by atoms with van der Waals surface area (Å²) in [6.45, 7) is 2.27. The SMILES string of the molecule is CC(CBr)CCc1sccc1Br. The van der Waals surface area contributed by atoms with Crippen molar-refractivity contribution in [2.24, 2.45) is 5.92 Å². The van der Waals surface area contributed by atoms with E-state index in [1.54, 1.807) is 0 Å². The van der Waals surface area contributed by atoms with Crippen LogP contribution in [-0.2, 0) is 6.42 Å². The van der Waals surface area contributed by atoms with Crippen LogP contribution in [0.5, 0.6) is 0 Å². The van der Waals surface area contributed by atoms with Gasteiger partial charge in [0.15, 0.2) is 0 Å². The highest BCUT2D eigenvalue weighted by Gasteiger charge is 2.04. The zero-order valence-corrected chi connectivity index (χ0v) is 11.0. The summed E-state index contributed by atoms with van der Waals surface area (Å²) in [6, 6.07) is 2.12. The second-order valence-corrected chi connectivity index (χ2v) is 5.49. The minimum Gasteiger partial charge on any atom is -0.148 e. The molecule has 1 heterocycles. The van der Waals surface area contributed by atoms with Crippen LogP contribution in [0.25, 0.3) is 0 Å². The van der Waals surface area contributed by atoms with E-state index in [2.05, 4.69) is 50.2 Å². The van der Waals surface area contributed by atoms with Gasteiger partial charge >= 0.3 is 0 Å². The third kappa shape index (κ3) is 3.19. The van der Waals surface area contributed by atoms with Crippen LogP contribution in [0, 0.1) is 5.92 Å². The molecule has 68 valence electrons. The number of hydrogen-bond donors (Lipinski definition) is 0. The van der Waals surface area contributed by atoms with Gasteiger partial charge in [-0.2, -0.15) is 0 Å². The minimum absolute atomic E-state index is 0.777. The summed E-state index contributed by atoms with van der Waals surface area (Å²) in [5.41, 5.74) is 0. The Morgan fingerprint density at radius 1 is 1.58 bits per heavy atom. The molecule has 1 atom stereocenters. The average molecular weight is 312 g/mol. The average Bonchev–Trinajstić information content (AvgIpc) is 2.47. The molecule has 0 aliphatic rings. The van der Waals surface area contributed by atoms with Gasteiger partial charge in [-0.15, -0.1) is 11.3 Å². The molecule has 12 heavy (non-hydrogen) atoms. The van der Waals surface area contributed by atoms with Gasteiger partial charge in [-0.05, 0) is 46.1 Å². The summed E-state index contributed by atoms with van der Waals surface area (Å²) in [7, 11) is 0. The highest BCUT2D eigenvalue weighted by Crippen LogP contribution is 2.25. The lowest BCUT2D eigenvalue weighted by molar-refractivity contribution is 0.602. The van der Waals surface area contributed by atoms with Crippen molar-refractivity contribution in [2.45, 2.75) is 19.8 Å². The topological polar surface area (TPSA) is 0 Å². The molecule has 0 nitrogen and oxygen atoms in total. The maximum absolute atomic E-state index is 3.54. The molecule has 0 amide bonds. The predicted octanol–water partition coefficient (Wildman–Crippen LogP) is 4.47. The molecule has 0 saturated carbocycles. The third-order valence-electron chi connectivity index (χ3n) is 1.82. The van der Waals surface area contributed by atoms with E-state index in [0.29, 0.717) is 0 Å². The Morgan fingerprint density at radius 3 is 2.83 bits per heavy atom. The van der Waals surface area contributed by atoms with Gasteiger partial charge in [0.2, 0.25) is 0 Å². The number of halogens is 2. The van der Waals surface area contributed by atoms with E-state index in [0.717, 1.165) is 11.2 Å². The standard InChI is InChI=1S/C9H12Br2S/c1-7(6-10)2-3-9-8(11)4-5-12-9/h4-5,7H,2-3,6H2,1H3. The number of rotatable bonds is 4. The van der Waals surface area contributed by atoms with Crippen molar-refractivity contribution >= 4 is 43.2 Å². The molecule has 1 rings (SSSR count). The number of alkyl halides is 1. The second-order valence-electron chi connectivity index (χ2n) is 2.99. The lowest BCUT2D eigenvalue weighted by Crippen LogP contribution is -1.97. The van der Waals surface area contributed by atoms with E-state index < -0.39 is 0 Å². The van der Waals surface area contributed by atoms with Gasteiger partial charge in [0, 0.05) is 14.7 Å². The van der Waals surface area contributed by atoms with Crippen LogP contribution >= 0.6 is 43.2 Å². The maximum atomic E-state index is 3.54. The van der Waals surface area contributed by atoms with Crippen LogP contribution in [0.2, 0.25) is 0 Å². The molecular formula is C9H12Br2S. The first-order valence-electron chi connectivity index (χ1n) is 4.02. The fraction of sp³-hybridized carbons (Fsp3) is 0.556. The zero-order chi connectivity index (χ0) is 8.97. The van der Waals surface area contributed by atoms with E-state index in [4.69, 9.17) is 0 Å². The minimum atomic E-state index is 0.777. The van der Waals surface area contributed by atoms with Gasteiger partial charge in [0.05, 0.1) is 0 Å². The highest BCUT2D eigenvalue weighted by atomic mass is 79.9. The van der Waals surface area contributed by atoms with Crippen LogP contribution in [0.3, 0.4) is 0 Å². The fourth-order valence-electron chi connectivity index (χ4n) is 0.958. The van der Waals surface area contributed by atoms with Gasteiger partial charge in [-0.3, -0.25) is 0 Å². The van der Waals surface area contributed by atoms with Crippen molar-refractivity contribution in [3.05, 3.63) is 20.8 Å². The zero-order valence-electron chi connectivity index (χ0n) is 7.02. The quantitative estimate of drug-likeness (QED) is 0.719. The molecule has 1 aromatic rings. The normalized spacial score (nSPS) is 13.2. The van der Waals surface area contributed by atoms with Crippen molar-refractivity contribution in [3.63, 3.8) is 0 Å². The van der Waals surface area contributed by atoms with Crippen LogP contribution < -0.4 is 0 Å². The van der Waals surface area contributed by atoms with Gasteiger partial charge in [-0.25, -0.2) is 0 Å². The summed E-state index contributed by atoms with van der Waals surface area (Å²) in [4.78, 5) is 1.47. The Bertz CT molecular complexity index is 232. The van der Waals surface area contributed by atoms with Gasteiger partial charge in [-0.1, -0.05) is 22.9 Å². The molecule has 0 aromatic carbocycles. The first-order chi connectivity index (χ1) is 5.74. The van der Waals surface area contributed by atoms with Crippen LogP contribution in [-0.4, -0.2) is 5.33 Å². The largest absolute Gasteiger partial charge is 0.148 e. The highest BCUT2D eigenvalue weighted by molar-refractivity contribution is 9.10. The van der Waals surface area contributed by atoms with Crippen molar-refractivity contribution < 1.29 is 0 Å². The number of aryl methyl sites for hydroxylation is 1. The Balaban J connectivity index is 2.38. The van der Waals surface area contributed by atoms with Crippen LogP contribution in [0.4, 0.5) is 0 Å². The molecule has 0 radical (unpaired) electrons. The Kier molecular flexibility index (Phi) is 4.84. The molecule has 0 bridgehead atoms. The van der Waals surface area contributed by atoms with Gasteiger partial charge in [0.25, 0.3) is 0 Å². The molecule has 0 N–H and O–H groups in total. The molecule has 3 heteroatoms. The van der Waals surface area contributed by atoms with Gasteiger partial charge < -0.3 is 0 Å². The molecule has 0 fully saturated rings. The first-order valence-corrected chi connectivity index (χ1v) is 6.81. The van der Waals surface area contributed by atoms with E-state index in [-0.39, 0.29) is 0 Å². The predicted molar refractivity (Wildman–Crippen MR) is 63.3 cm³/mol. The lowest BCUT2D eigenvalue weighted by atomic mass is 10.1. The molecule has 0 spiro atoms. The van der Waals surface area contributed by atoms with Gasteiger partial charge in [0.1, 0.15) is 0 Å².